The quantitative estimate of drug-likeness (QED) is 0.866. The first-order chi connectivity index (χ1) is 8.15. The molecule has 0 spiro atoms. The van der Waals surface area contributed by atoms with Crippen LogP contribution in [0, 0.1) is 11.6 Å². The number of rotatable bonds is 2. The third kappa shape index (κ3) is 3.92. The van der Waals surface area contributed by atoms with E-state index in [0.717, 1.165) is 44.1 Å². The van der Waals surface area contributed by atoms with Crippen LogP contribution in [0.3, 0.4) is 0 Å². The van der Waals surface area contributed by atoms with Crippen molar-refractivity contribution < 1.29 is 13.6 Å². The zero-order valence-corrected chi connectivity index (χ0v) is 10.5. The maximum Gasteiger partial charge on any atom is 0.251 e. The molecule has 0 atom stereocenters. The number of amides is 1. The molecule has 0 aliphatic carbocycles. The van der Waals surface area contributed by atoms with Gasteiger partial charge in [0, 0.05) is 17.7 Å². The maximum atomic E-state index is 12.9. The molecule has 1 saturated heterocycles. The van der Waals surface area contributed by atoms with Gasteiger partial charge in [-0.25, -0.2) is 8.78 Å². The molecule has 2 N–H and O–H groups in total. The molecule has 1 aliphatic heterocycles. The Morgan fingerprint density at radius 3 is 2.28 bits per heavy atom. The number of piperidine rings is 1. The lowest BCUT2D eigenvalue weighted by atomic mass is 10.1. The van der Waals surface area contributed by atoms with E-state index in [0.29, 0.717) is 0 Å². The molecular formula is C12H15ClF2N2O. The minimum atomic E-state index is -0.736. The molecule has 0 saturated carbocycles. The second-order valence-corrected chi connectivity index (χ2v) is 4.16. The van der Waals surface area contributed by atoms with Crippen LogP contribution in [-0.4, -0.2) is 25.0 Å². The van der Waals surface area contributed by atoms with Gasteiger partial charge >= 0.3 is 0 Å². The summed E-state index contributed by atoms with van der Waals surface area (Å²) in [5.74, 6) is -1.89. The predicted molar refractivity (Wildman–Crippen MR) is 67.0 cm³/mol. The van der Waals surface area contributed by atoms with Gasteiger partial charge in [-0.15, -0.1) is 12.4 Å². The molecule has 1 fully saturated rings. The Hall–Kier alpha value is -1.20. The lowest BCUT2D eigenvalue weighted by molar-refractivity contribution is 0.0928. The van der Waals surface area contributed by atoms with Crippen molar-refractivity contribution in [1.29, 1.82) is 0 Å². The van der Waals surface area contributed by atoms with Crippen LogP contribution in [0.1, 0.15) is 23.2 Å². The van der Waals surface area contributed by atoms with Crippen molar-refractivity contribution in [2.75, 3.05) is 13.1 Å². The molecule has 0 aromatic heterocycles. The molecule has 1 aromatic rings. The van der Waals surface area contributed by atoms with Gasteiger partial charge < -0.3 is 10.6 Å². The molecular weight excluding hydrogens is 262 g/mol. The van der Waals surface area contributed by atoms with E-state index in [4.69, 9.17) is 0 Å². The average Bonchev–Trinajstić information content (AvgIpc) is 2.29. The molecule has 1 aliphatic rings. The molecule has 3 nitrogen and oxygen atoms in total. The second-order valence-electron chi connectivity index (χ2n) is 4.16. The number of hydrogen-bond donors (Lipinski definition) is 2. The van der Waals surface area contributed by atoms with Crippen molar-refractivity contribution in [3.05, 3.63) is 35.4 Å². The van der Waals surface area contributed by atoms with Crippen LogP contribution in [0.25, 0.3) is 0 Å². The fourth-order valence-corrected chi connectivity index (χ4v) is 1.92. The van der Waals surface area contributed by atoms with Gasteiger partial charge in [0.25, 0.3) is 5.91 Å². The fraction of sp³-hybridized carbons (Fsp3) is 0.417. The van der Waals surface area contributed by atoms with Gasteiger partial charge in [-0.1, -0.05) is 0 Å². The summed E-state index contributed by atoms with van der Waals surface area (Å²) in [6.45, 7) is 1.70. The highest BCUT2D eigenvalue weighted by molar-refractivity contribution is 5.94. The van der Waals surface area contributed by atoms with E-state index in [9.17, 15) is 13.6 Å². The zero-order valence-electron chi connectivity index (χ0n) is 9.71. The SMILES string of the molecule is Cl.O=C(NC1CCNCC1)c1cc(F)cc(F)c1. The average molecular weight is 277 g/mol. The first kappa shape index (κ1) is 14.9. The van der Waals surface area contributed by atoms with E-state index in [1.54, 1.807) is 0 Å². The minimum Gasteiger partial charge on any atom is -0.349 e. The van der Waals surface area contributed by atoms with Crippen LogP contribution >= 0.6 is 12.4 Å². The summed E-state index contributed by atoms with van der Waals surface area (Å²) >= 11 is 0. The Morgan fingerprint density at radius 1 is 1.17 bits per heavy atom. The number of hydrogen-bond acceptors (Lipinski definition) is 2. The first-order valence-electron chi connectivity index (χ1n) is 5.63. The number of carbonyl (C=O) groups excluding carboxylic acids is 1. The number of carbonyl (C=O) groups is 1. The maximum absolute atomic E-state index is 12.9. The van der Waals surface area contributed by atoms with Gasteiger partial charge in [-0.05, 0) is 38.1 Å². The minimum absolute atomic E-state index is 0. The molecule has 2 rings (SSSR count). The van der Waals surface area contributed by atoms with Crippen molar-refractivity contribution in [2.24, 2.45) is 0 Å². The lowest BCUT2D eigenvalue weighted by Gasteiger charge is -2.23. The number of nitrogens with one attached hydrogen (secondary N) is 2. The van der Waals surface area contributed by atoms with E-state index < -0.39 is 17.5 Å². The Kier molecular flexibility index (Phi) is 5.50. The van der Waals surface area contributed by atoms with Crippen molar-refractivity contribution in [2.45, 2.75) is 18.9 Å². The van der Waals surface area contributed by atoms with E-state index in [1.807, 2.05) is 0 Å². The van der Waals surface area contributed by atoms with Crippen LogP contribution in [0.2, 0.25) is 0 Å². The summed E-state index contributed by atoms with van der Waals surface area (Å²) in [5, 5.41) is 5.95. The van der Waals surface area contributed by atoms with Crippen LogP contribution in [0.5, 0.6) is 0 Å². The number of halogens is 3. The van der Waals surface area contributed by atoms with E-state index >= 15 is 0 Å². The molecule has 0 bridgehead atoms. The van der Waals surface area contributed by atoms with Gasteiger partial charge in [-0.2, -0.15) is 0 Å². The molecule has 1 amide bonds. The van der Waals surface area contributed by atoms with Crippen LogP contribution in [0.4, 0.5) is 8.78 Å². The van der Waals surface area contributed by atoms with Gasteiger partial charge in [-0.3, -0.25) is 4.79 Å². The normalized spacial score (nSPS) is 15.9. The zero-order chi connectivity index (χ0) is 12.3. The van der Waals surface area contributed by atoms with Crippen molar-refractivity contribution >= 4 is 18.3 Å². The molecule has 100 valence electrons. The molecule has 0 radical (unpaired) electrons. The van der Waals surface area contributed by atoms with E-state index in [2.05, 4.69) is 10.6 Å². The van der Waals surface area contributed by atoms with Gasteiger partial charge in [0.05, 0.1) is 0 Å². The summed E-state index contributed by atoms with van der Waals surface area (Å²) in [5.41, 5.74) is 0.0287. The topological polar surface area (TPSA) is 41.1 Å². The second kappa shape index (κ2) is 6.66. The Bertz CT molecular complexity index is 402. The van der Waals surface area contributed by atoms with Gasteiger partial charge in [0.2, 0.25) is 0 Å². The molecule has 18 heavy (non-hydrogen) atoms. The van der Waals surface area contributed by atoms with Gasteiger partial charge in [0.15, 0.2) is 0 Å². The highest BCUT2D eigenvalue weighted by Crippen LogP contribution is 2.09. The highest BCUT2D eigenvalue weighted by atomic mass is 35.5. The molecule has 1 heterocycles. The lowest BCUT2D eigenvalue weighted by Crippen LogP contribution is -2.42. The monoisotopic (exact) mass is 276 g/mol. The van der Waals surface area contributed by atoms with Crippen LogP contribution in [-0.2, 0) is 0 Å². The smallest absolute Gasteiger partial charge is 0.251 e. The predicted octanol–water partition coefficient (Wildman–Crippen LogP) is 1.87. The first-order valence-corrected chi connectivity index (χ1v) is 5.63. The van der Waals surface area contributed by atoms with Crippen LogP contribution < -0.4 is 10.6 Å². The summed E-state index contributed by atoms with van der Waals surface area (Å²) in [6, 6.07) is 2.91. The van der Waals surface area contributed by atoms with Gasteiger partial charge in [0.1, 0.15) is 11.6 Å². The number of benzene rings is 1. The Morgan fingerprint density at radius 2 is 1.72 bits per heavy atom. The molecule has 0 unspecified atom stereocenters. The third-order valence-corrected chi connectivity index (χ3v) is 2.80. The fourth-order valence-electron chi connectivity index (χ4n) is 1.92. The standard InChI is InChI=1S/C12H14F2N2O.ClH/c13-9-5-8(6-10(14)7-9)12(17)16-11-1-3-15-4-2-11;/h5-7,11,15H,1-4H2,(H,16,17);1H. The third-order valence-electron chi connectivity index (χ3n) is 2.80. The van der Waals surface area contributed by atoms with Crippen molar-refractivity contribution in [3.8, 4) is 0 Å². The summed E-state index contributed by atoms with van der Waals surface area (Å²) in [4.78, 5) is 11.8. The van der Waals surface area contributed by atoms with Crippen molar-refractivity contribution in [3.63, 3.8) is 0 Å². The Labute approximate surface area is 110 Å². The van der Waals surface area contributed by atoms with E-state index in [-0.39, 0.29) is 24.0 Å². The molecule has 1 aromatic carbocycles. The van der Waals surface area contributed by atoms with Crippen LogP contribution in [0.15, 0.2) is 18.2 Å². The summed E-state index contributed by atoms with van der Waals surface area (Å²) in [6.07, 6.45) is 1.67. The highest BCUT2D eigenvalue weighted by Gasteiger charge is 2.17. The largest absolute Gasteiger partial charge is 0.349 e. The van der Waals surface area contributed by atoms with Crippen molar-refractivity contribution in [1.82, 2.24) is 10.6 Å². The summed E-state index contributed by atoms with van der Waals surface area (Å²) < 4.78 is 25.9. The van der Waals surface area contributed by atoms with E-state index in [1.165, 1.54) is 0 Å². The molecule has 6 heteroatoms. The summed E-state index contributed by atoms with van der Waals surface area (Å²) in [7, 11) is 0. The Balaban J connectivity index is 0.00000162.